The van der Waals surface area contributed by atoms with Crippen LogP contribution in [0, 0.1) is 0 Å². The molecule has 33 heavy (non-hydrogen) atoms. The third-order valence-electron chi connectivity index (χ3n) is 5.59. The average Bonchev–Trinajstić information content (AvgIpc) is 3.20. The second-order valence-electron chi connectivity index (χ2n) is 7.92. The summed E-state index contributed by atoms with van der Waals surface area (Å²) in [6, 6.07) is 12.4. The normalized spacial score (nSPS) is 12.4. The van der Waals surface area contributed by atoms with E-state index >= 15 is 0 Å². The minimum atomic E-state index is -0.474. The van der Waals surface area contributed by atoms with Crippen molar-refractivity contribution in [3.05, 3.63) is 85.8 Å². The summed E-state index contributed by atoms with van der Waals surface area (Å²) in [6.07, 6.45) is 1.93. The van der Waals surface area contributed by atoms with Crippen LogP contribution in [0.3, 0.4) is 0 Å². The minimum Gasteiger partial charge on any atom is -0.341 e. The van der Waals surface area contributed by atoms with Crippen molar-refractivity contribution in [1.82, 2.24) is 14.8 Å². The van der Waals surface area contributed by atoms with Crippen LogP contribution in [0.4, 0.5) is 10.5 Å². The van der Waals surface area contributed by atoms with Crippen molar-refractivity contribution in [3.63, 3.8) is 0 Å². The molecule has 9 heteroatoms. The molecular formula is C24H22Cl2N4O3. The number of urea groups is 1. The molecule has 0 atom stereocenters. The molecule has 170 valence electrons. The van der Waals surface area contributed by atoms with Crippen LogP contribution in [0.5, 0.6) is 0 Å². The van der Waals surface area contributed by atoms with E-state index in [1.807, 2.05) is 36.4 Å². The maximum Gasteiger partial charge on any atom is 0.319 e. The zero-order chi connectivity index (χ0) is 23.7. The maximum absolute atomic E-state index is 13.0. The van der Waals surface area contributed by atoms with E-state index in [1.165, 1.54) is 11.6 Å². The number of hydrogen-bond acceptors (Lipinski definition) is 3. The maximum atomic E-state index is 13.0. The Morgan fingerprint density at radius 2 is 1.67 bits per heavy atom. The molecule has 1 aliphatic rings. The van der Waals surface area contributed by atoms with Crippen LogP contribution in [0.1, 0.15) is 16.7 Å². The van der Waals surface area contributed by atoms with E-state index in [-0.39, 0.29) is 23.6 Å². The summed E-state index contributed by atoms with van der Waals surface area (Å²) in [5, 5.41) is 5.96. The number of halogens is 2. The van der Waals surface area contributed by atoms with Crippen LogP contribution in [0.25, 0.3) is 11.1 Å². The van der Waals surface area contributed by atoms with Gasteiger partial charge in [-0.2, -0.15) is 0 Å². The fourth-order valence-corrected chi connectivity index (χ4v) is 4.23. The molecule has 0 saturated heterocycles. The molecule has 2 heterocycles. The first-order valence-electron chi connectivity index (χ1n) is 10.3. The fourth-order valence-electron chi connectivity index (χ4n) is 3.86. The molecule has 4 rings (SSSR count). The van der Waals surface area contributed by atoms with Gasteiger partial charge < -0.3 is 20.1 Å². The molecule has 0 unspecified atom stereocenters. The first kappa shape index (κ1) is 22.9. The highest BCUT2D eigenvalue weighted by atomic mass is 35.5. The summed E-state index contributed by atoms with van der Waals surface area (Å²) >= 11 is 12.2. The number of carbonyl (C=O) groups excluding carboxylic acids is 2. The highest BCUT2D eigenvalue weighted by Crippen LogP contribution is 2.32. The van der Waals surface area contributed by atoms with E-state index in [4.69, 9.17) is 23.2 Å². The van der Waals surface area contributed by atoms with Crippen LogP contribution < -0.4 is 16.2 Å². The van der Waals surface area contributed by atoms with E-state index in [0.717, 1.165) is 27.8 Å². The molecule has 2 N–H and O–H groups in total. The van der Waals surface area contributed by atoms with Crippen molar-refractivity contribution in [1.29, 1.82) is 0 Å². The molecule has 3 amide bonds. The Kier molecular flexibility index (Phi) is 6.44. The quantitative estimate of drug-likeness (QED) is 0.581. The van der Waals surface area contributed by atoms with Crippen LogP contribution in [-0.4, -0.2) is 28.5 Å². The zero-order valence-corrected chi connectivity index (χ0v) is 19.6. The fraction of sp³-hybridized carbons (Fsp3) is 0.208. The second-order valence-corrected chi connectivity index (χ2v) is 8.74. The summed E-state index contributed by atoms with van der Waals surface area (Å²) in [4.78, 5) is 38.8. The second kappa shape index (κ2) is 9.29. The van der Waals surface area contributed by atoms with Gasteiger partial charge in [0.15, 0.2) is 0 Å². The molecule has 3 aromatic rings. The van der Waals surface area contributed by atoms with Crippen LogP contribution in [0.15, 0.2) is 53.5 Å². The molecule has 1 aliphatic heterocycles. The lowest BCUT2D eigenvalue weighted by molar-refractivity contribution is -0.131. The molecule has 1 aromatic heterocycles. The number of aromatic nitrogens is 1. The Morgan fingerprint density at radius 3 is 2.30 bits per heavy atom. The number of aryl methyl sites for hydroxylation is 1. The van der Waals surface area contributed by atoms with Crippen LogP contribution >= 0.6 is 23.2 Å². The van der Waals surface area contributed by atoms with E-state index in [0.29, 0.717) is 23.1 Å². The molecule has 0 radical (unpaired) electrons. The van der Waals surface area contributed by atoms with Crippen molar-refractivity contribution in [3.8, 4) is 11.1 Å². The summed E-state index contributed by atoms with van der Waals surface area (Å²) in [5.41, 5.74) is 4.29. The summed E-state index contributed by atoms with van der Waals surface area (Å²) < 4.78 is 1.41. The molecule has 0 bridgehead atoms. The molecule has 0 spiro atoms. The molecular weight excluding hydrogens is 463 g/mol. The van der Waals surface area contributed by atoms with E-state index < -0.39 is 6.03 Å². The molecule has 0 saturated carbocycles. The Labute approximate surface area is 200 Å². The van der Waals surface area contributed by atoms with Gasteiger partial charge in [-0.1, -0.05) is 47.5 Å². The molecule has 7 nitrogen and oxygen atoms in total. The highest BCUT2D eigenvalue weighted by molar-refractivity contribution is 6.42. The monoisotopic (exact) mass is 484 g/mol. The Bertz CT molecular complexity index is 1290. The van der Waals surface area contributed by atoms with Crippen molar-refractivity contribution in [2.24, 2.45) is 7.05 Å². The molecule has 0 fully saturated rings. The third kappa shape index (κ3) is 4.89. The van der Waals surface area contributed by atoms with Crippen LogP contribution in [-0.2, 0) is 31.4 Å². The van der Waals surface area contributed by atoms with Gasteiger partial charge in [0.25, 0.3) is 5.56 Å². The summed E-state index contributed by atoms with van der Waals surface area (Å²) in [6.45, 7) is 1.00. The standard InChI is InChI=1S/C24H22Cl2N4O3/c1-27-24(33)28-21-10-18(11-29(2)23(21)32)15-5-3-4-14(6-15)7-22(31)30-12-16-8-19(25)20(26)9-17(16)13-30/h3-6,8-11H,7,12-13H2,1-2H3,(H2,27,28,33). The number of nitrogens with zero attached hydrogens (tertiary/aromatic N) is 2. The SMILES string of the molecule is CNC(=O)Nc1cc(-c2cccc(CC(=O)N3Cc4cc(Cl)c(Cl)cc4C3)c2)cn(C)c1=O. The molecule has 2 aromatic carbocycles. The van der Waals surface area contributed by atoms with Gasteiger partial charge >= 0.3 is 6.03 Å². The Morgan fingerprint density at radius 1 is 1.00 bits per heavy atom. The van der Waals surface area contributed by atoms with Crippen molar-refractivity contribution < 1.29 is 9.59 Å². The topological polar surface area (TPSA) is 83.4 Å². The van der Waals surface area contributed by atoms with Crippen LogP contribution in [0.2, 0.25) is 10.0 Å². The predicted molar refractivity (Wildman–Crippen MR) is 130 cm³/mol. The number of amides is 3. The van der Waals surface area contributed by atoms with Gasteiger partial charge in [0.1, 0.15) is 5.69 Å². The lowest BCUT2D eigenvalue weighted by Crippen LogP contribution is -2.29. The zero-order valence-electron chi connectivity index (χ0n) is 18.1. The largest absolute Gasteiger partial charge is 0.341 e. The van der Waals surface area contributed by atoms with Gasteiger partial charge in [-0.15, -0.1) is 0 Å². The van der Waals surface area contributed by atoms with Gasteiger partial charge in [-0.05, 0) is 40.5 Å². The average molecular weight is 485 g/mol. The lowest BCUT2D eigenvalue weighted by atomic mass is 10.0. The smallest absolute Gasteiger partial charge is 0.319 e. The predicted octanol–water partition coefficient (Wildman–Crippen LogP) is 4.20. The van der Waals surface area contributed by atoms with E-state index in [1.54, 1.807) is 24.2 Å². The van der Waals surface area contributed by atoms with E-state index in [2.05, 4.69) is 10.6 Å². The van der Waals surface area contributed by atoms with Gasteiger partial charge in [0, 0.05) is 38.9 Å². The van der Waals surface area contributed by atoms with E-state index in [9.17, 15) is 14.4 Å². The van der Waals surface area contributed by atoms with Gasteiger partial charge in [0.2, 0.25) is 5.91 Å². The number of rotatable bonds is 4. The third-order valence-corrected chi connectivity index (χ3v) is 6.31. The van der Waals surface area contributed by atoms with Crippen molar-refractivity contribution >= 4 is 40.8 Å². The highest BCUT2D eigenvalue weighted by Gasteiger charge is 2.24. The molecule has 0 aliphatic carbocycles. The number of benzene rings is 2. The lowest BCUT2D eigenvalue weighted by Gasteiger charge is -2.16. The van der Waals surface area contributed by atoms with Gasteiger partial charge in [-0.25, -0.2) is 4.79 Å². The number of carbonyl (C=O) groups is 2. The number of hydrogen-bond donors (Lipinski definition) is 2. The van der Waals surface area contributed by atoms with Gasteiger partial charge in [0.05, 0.1) is 16.5 Å². The number of fused-ring (bicyclic) bond motifs is 1. The first-order chi connectivity index (χ1) is 15.7. The Balaban J connectivity index is 1.54. The number of anilines is 1. The number of pyridine rings is 1. The summed E-state index contributed by atoms with van der Waals surface area (Å²) in [5.74, 6) is -0.00182. The first-order valence-corrected chi connectivity index (χ1v) is 11.0. The van der Waals surface area contributed by atoms with Crippen molar-refractivity contribution in [2.75, 3.05) is 12.4 Å². The Hall–Kier alpha value is -3.29. The van der Waals surface area contributed by atoms with Gasteiger partial charge in [-0.3, -0.25) is 9.59 Å². The minimum absolute atomic E-state index is 0.00182. The van der Waals surface area contributed by atoms with Crippen molar-refractivity contribution in [2.45, 2.75) is 19.5 Å². The summed E-state index contributed by atoms with van der Waals surface area (Å²) in [7, 11) is 3.10. The number of nitrogens with one attached hydrogen (secondary N) is 2.